The normalized spacial score (nSPS) is 23.0. The van der Waals surface area contributed by atoms with Crippen molar-refractivity contribution in [3.05, 3.63) is 54.6 Å². The van der Waals surface area contributed by atoms with Crippen LogP contribution in [-0.2, 0) is 0 Å². The van der Waals surface area contributed by atoms with E-state index in [0.717, 1.165) is 11.5 Å². The van der Waals surface area contributed by atoms with E-state index in [9.17, 15) is 0 Å². The monoisotopic (exact) mass is 413 g/mol. The number of para-hydroxylation sites is 2. The Hall–Kier alpha value is -1.77. The average molecular weight is 412 g/mol. The molecule has 2 aromatic carbocycles. The van der Waals surface area contributed by atoms with Crippen molar-refractivity contribution in [2.24, 2.45) is 4.99 Å². The second kappa shape index (κ2) is 8.28. The van der Waals surface area contributed by atoms with Gasteiger partial charge in [-0.15, -0.1) is 0 Å². The summed E-state index contributed by atoms with van der Waals surface area (Å²) in [5, 5.41) is 7.44. The number of hydrogen-bond donors (Lipinski definition) is 2. The van der Waals surface area contributed by atoms with Crippen LogP contribution >= 0.6 is 0 Å². The number of rotatable bonds is 4. The van der Waals surface area contributed by atoms with Crippen LogP contribution in [-0.4, -0.2) is 32.9 Å². The van der Waals surface area contributed by atoms with Gasteiger partial charge in [0.15, 0.2) is 0 Å². The molecule has 1 aliphatic carbocycles. The fraction of sp³-hybridized carbons (Fsp3) is 0.409. The summed E-state index contributed by atoms with van der Waals surface area (Å²) >= 11 is 0.403. The molecule has 2 atom stereocenters. The number of nitrogens with zero attached hydrogens (tertiary/aromatic N) is 1. The molecule has 136 valence electrons. The summed E-state index contributed by atoms with van der Waals surface area (Å²) < 4.78 is 1.45. The average Bonchev–Trinajstić information content (AvgIpc) is 2.69. The van der Waals surface area contributed by atoms with Gasteiger partial charge in [0, 0.05) is 0 Å². The van der Waals surface area contributed by atoms with Crippen molar-refractivity contribution in [2.45, 2.75) is 55.9 Å². The van der Waals surface area contributed by atoms with Gasteiger partial charge in [-0.3, -0.25) is 0 Å². The predicted octanol–water partition coefficient (Wildman–Crippen LogP) is 4.46. The first kappa shape index (κ1) is 17.6. The van der Waals surface area contributed by atoms with Gasteiger partial charge in [0.2, 0.25) is 0 Å². The van der Waals surface area contributed by atoms with Crippen LogP contribution in [0.4, 0.5) is 11.4 Å². The van der Waals surface area contributed by atoms with Crippen LogP contribution < -0.4 is 15.1 Å². The number of anilines is 2. The third-order valence-corrected chi connectivity index (χ3v) is 7.72. The van der Waals surface area contributed by atoms with Gasteiger partial charge >= 0.3 is 163 Å². The Morgan fingerprint density at radius 2 is 1.62 bits per heavy atom. The number of aliphatic imine (C=N–C) groups is 1. The maximum absolute atomic E-state index is 5.19. The van der Waals surface area contributed by atoms with Gasteiger partial charge in [-0.25, -0.2) is 0 Å². The molecule has 1 fully saturated rings. The first-order valence-electron chi connectivity index (χ1n) is 9.71. The maximum atomic E-state index is 5.19. The van der Waals surface area contributed by atoms with E-state index in [2.05, 4.69) is 72.2 Å². The van der Waals surface area contributed by atoms with E-state index in [1.807, 2.05) is 0 Å². The van der Waals surface area contributed by atoms with E-state index in [4.69, 9.17) is 4.99 Å². The molecule has 4 rings (SSSR count). The van der Waals surface area contributed by atoms with Gasteiger partial charge < -0.3 is 0 Å². The summed E-state index contributed by atoms with van der Waals surface area (Å²) in [4.78, 5) is 5.71. The topological polar surface area (TPSA) is 36.4 Å². The van der Waals surface area contributed by atoms with Crippen LogP contribution in [0, 0.1) is 0 Å². The second-order valence-electron chi connectivity index (χ2n) is 7.23. The molecular weight excluding hydrogens is 385 g/mol. The Morgan fingerprint density at radius 3 is 2.38 bits per heavy atom. The van der Waals surface area contributed by atoms with Gasteiger partial charge in [0.05, 0.1) is 0 Å². The molecule has 0 spiro atoms. The van der Waals surface area contributed by atoms with Crippen LogP contribution in [0.3, 0.4) is 0 Å². The number of benzene rings is 2. The third kappa shape index (κ3) is 4.13. The fourth-order valence-corrected chi connectivity index (χ4v) is 6.07. The summed E-state index contributed by atoms with van der Waals surface area (Å²) in [7, 11) is 0. The Bertz CT molecular complexity index is 753. The van der Waals surface area contributed by atoms with Crippen LogP contribution in [0.25, 0.3) is 0 Å². The van der Waals surface area contributed by atoms with Crippen LogP contribution in [0.15, 0.2) is 59.6 Å². The molecule has 0 amide bonds. The molecule has 1 saturated carbocycles. The van der Waals surface area contributed by atoms with E-state index < -0.39 is 0 Å². The molecule has 0 saturated heterocycles. The molecule has 1 heterocycles. The van der Waals surface area contributed by atoms with E-state index in [0.29, 0.717) is 25.8 Å². The molecule has 1 aliphatic heterocycles. The minimum atomic E-state index is 0.257. The molecule has 4 heteroatoms. The molecule has 0 aromatic heterocycles. The third-order valence-electron chi connectivity index (χ3n) is 5.23. The van der Waals surface area contributed by atoms with E-state index in [-0.39, 0.29) is 6.04 Å². The Labute approximate surface area is 162 Å². The zero-order chi connectivity index (χ0) is 17.8. The molecule has 2 N–H and O–H groups in total. The molecule has 26 heavy (non-hydrogen) atoms. The van der Waals surface area contributed by atoms with Crippen molar-refractivity contribution in [1.29, 1.82) is 0 Å². The predicted molar refractivity (Wildman–Crippen MR) is 113 cm³/mol. The first-order chi connectivity index (χ1) is 12.8. The first-order valence-corrected chi connectivity index (χ1v) is 11.6. The fourth-order valence-electron chi connectivity index (χ4n) is 3.81. The summed E-state index contributed by atoms with van der Waals surface area (Å²) in [5.41, 5.74) is 2.34. The van der Waals surface area contributed by atoms with Gasteiger partial charge in [0.25, 0.3) is 0 Å². The van der Waals surface area contributed by atoms with E-state index in [1.54, 1.807) is 0 Å². The molecule has 3 nitrogen and oxygen atoms in total. The van der Waals surface area contributed by atoms with Gasteiger partial charge in [-0.2, -0.15) is 0 Å². The standard InChI is InChI=1S/C22H27N3Se/c1-16(26-18-12-6-3-7-13-18)21-22(23-17-10-4-2-5-11-17)25-20-15-9-8-14-19(20)24-21/h3,6-9,12-17,21,24H,2,4-5,10-11H2,1H3,(H,23,25). The molecule has 2 unspecified atom stereocenters. The molecular formula is C22H27N3Se. The molecule has 2 aromatic rings. The second-order valence-corrected chi connectivity index (χ2v) is 10.3. The molecule has 0 bridgehead atoms. The van der Waals surface area contributed by atoms with Crippen molar-refractivity contribution in [3.8, 4) is 0 Å². The Balaban J connectivity index is 1.59. The summed E-state index contributed by atoms with van der Waals surface area (Å²) in [5.74, 6) is 1.14. The number of nitrogens with one attached hydrogen (secondary N) is 2. The quantitative estimate of drug-likeness (QED) is 0.728. The Morgan fingerprint density at radius 1 is 0.923 bits per heavy atom. The van der Waals surface area contributed by atoms with Crippen molar-refractivity contribution in [1.82, 2.24) is 0 Å². The summed E-state index contributed by atoms with van der Waals surface area (Å²) in [6, 6.07) is 20.1. The molecule has 2 aliphatic rings. The van der Waals surface area contributed by atoms with E-state index in [1.165, 1.54) is 42.3 Å². The van der Waals surface area contributed by atoms with Crippen LogP contribution in [0.1, 0.15) is 39.0 Å². The SMILES string of the molecule is CC([Se]c1ccccc1)C1Nc2ccccc2NC1=NC1CCCCC1. The van der Waals surface area contributed by atoms with Crippen molar-refractivity contribution < 1.29 is 0 Å². The van der Waals surface area contributed by atoms with E-state index >= 15 is 0 Å². The minimum absolute atomic E-state index is 0.257. The Kier molecular flexibility index (Phi) is 5.62. The van der Waals surface area contributed by atoms with Crippen molar-refractivity contribution >= 4 is 36.6 Å². The van der Waals surface area contributed by atoms with Crippen molar-refractivity contribution in [3.63, 3.8) is 0 Å². The summed E-state index contributed by atoms with van der Waals surface area (Å²) in [6.45, 7) is 2.36. The van der Waals surface area contributed by atoms with Crippen LogP contribution in [0.5, 0.6) is 0 Å². The molecule has 0 radical (unpaired) electrons. The number of hydrogen-bond acceptors (Lipinski definition) is 2. The van der Waals surface area contributed by atoms with Gasteiger partial charge in [-0.1, -0.05) is 0 Å². The zero-order valence-electron chi connectivity index (χ0n) is 15.3. The number of amidine groups is 1. The van der Waals surface area contributed by atoms with Crippen molar-refractivity contribution in [2.75, 3.05) is 10.6 Å². The zero-order valence-corrected chi connectivity index (χ0v) is 17.0. The van der Waals surface area contributed by atoms with Gasteiger partial charge in [0.1, 0.15) is 0 Å². The number of fused-ring (bicyclic) bond motifs is 1. The van der Waals surface area contributed by atoms with Crippen LogP contribution in [0.2, 0.25) is 4.82 Å². The summed E-state index contributed by atoms with van der Waals surface area (Å²) in [6.07, 6.45) is 6.47. The van der Waals surface area contributed by atoms with Gasteiger partial charge in [-0.05, 0) is 0 Å².